The first kappa shape index (κ1) is 14.7. The molecule has 0 saturated heterocycles. The number of hydrogen-bond acceptors (Lipinski definition) is 4. The summed E-state index contributed by atoms with van der Waals surface area (Å²) < 4.78 is 9.28. The van der Waals surface area contributed by atoms with Crippen molar-refractivity contribution in [3.05, 3.63) is 12.2 Å². The number of hydrogen-bond donors (Lipinski definition) is 0. The minimum atomic E-state index is -0.797. The summed E-state index contributed by atoms with van der Waals surface area (Å²) >= 11 is 0. The molecule has 1 fully saturated rings. The Hall–Kier alpha value is -1.32. The molecule has 0 spiro atoms. The van der Waals surface area contributed by atoms with Crippen LogP contribution in [0.15, 0.2) is 12.2 Å². The van der Waals surface area contributed by atoms with Crippen molar-refractivity contribution in [3.63, 3.8) is 0 Å². The van der Waals surface area contributed by atoms with Crippen molar-refractivity contribution in [1.82, 2.24) is 0 Å². The summed E-state index contributed by atoms with van der Waals surface area (Å²) in [5.41, 5.74) is 1.25. The van der Waals surface area contributed by atoms with Gasteiger partial charge in [-0.3, -0.25) is 9.59 Å². The lowest BCUT2D eigenvalue weighted by Crippen LogP contribution is -2.27. The Morgan fingerprint density at radius 2 is 1.89 bits per heavy atom. The summed E-state index contributed by atoms with van der Waals surface area (Å²) in [5.74, 6) is -1.39. The standard InChI is InChI=1S/C14H22O4/c1-10-6-4-5-7-11(10)8-9-12(13(15)17-2)14(16)18-3/h11-12H,1,4-9H2,2-3H3. The molecule has 0 aromatic carbocycles. The quantitative estimate of drug-likeness (QED) is 0.429. The molecule has 1 saturated carbocycles. The molecular formula is C14H22O4. The van der Waals surface area contributed by atoms with Crippen LogP contribution in [0.3, 0.4) is 0 Å². The fourth-order valence-corrected chi connectivity index (χ4v) is 2.48. The highest BCUT2D eigenvalue weighted by Crippen LogP contribution is 2.32. The number of rotatable bonds is 5. The second kappa shape index (κ2) is 7.19. The average Bonchev–Trinajstić information content (AvgIpc) is 2.40. The Balaban J connectivity index is 2.53. The monoisotopic (exact) mass is 254 g/mol. The largest absolute Gasteiger partial charge is 0.468 e. The van der Waals surface area contributed by atoms with Gasteiger partial charge in [-0.1, -0.05) is 18.6 Å². The predicted octanol–water partition coefficient (Wildman–Crippen LogP) is 2.48. The van der Waals surface area contributed by atoms with Crippen molar-refractivity contribution >= 4 is 11.9 Å². The van der Waals surface area contributed by atoms with Gasteiger partial charge in [0.1, 0.15) is 0 Å². The molecular weight excluding hydrogens is 232 g/mol. The van der Waals surface area contributed by atoms with Gasteiger partial charge in [-0.15, -0.1) is 0 Å². The van der Waals surface area contributed by atoms with Gasteiger partial charge >= 0.3 is 11.9 Å². The Kier molecular flexibility index (Phi) is 5.89. The maximum atomic E-state index is 11.5. The molecule has 0 bridgehead atoms. The van der Waals surface area contributed by atoms with Crippen molar-refractivity contribution in [2.75, 3.05) is 14.2 Å². The van der Waals surface area contributed by atoms with E-state index in [0.717, 1.165) is 19.3 Å². The molecule has 1 aliphatic carbocycles. The topological polar surface area (TPSA) is 52.6 Å². The zero-order valence-electron chi connectivity index (χ0n) is 11.2. The van der Waals surface area contributed by atoms with Gasteiger partial charge in [-0.2, -0.15) is 0 Å². The van der Waals surface area contributed by atoms with E-state index in [0.29, 0.717) is 12.3 Å². The van der Waals surface area contributed by atoms with Gasteiger partial charge < -0.3 is 9.47 Å². The molecule has 1 rings (SSSR count). The maximum Gasteiger partial charge on any atom is 0.320 e. The number of allylic oxidation sites excluding steroid dienone is 1. The fraction of sp³-hybridized carbons (Fsp3) is 0.714. The molecule has 0 aromatic rings. The van der Waals surface area contributed by atoms with E-state index in [1.54, 1.807) is 0 Å². The highest BCUT2D eigenvalue weighted by atomic mass is 16.5. The zero-order chi connectivity index (χ0) is 13.5. The molecule has 0 aliphatic heterocycles. The van der Waals surface area contributed by atoms with Gasteiger partial charge in [0.15, 0.2) is 5.92 Å². The highest BCUT2D eigenvalue weighted by Gasteiger charge is 2.30. The minimum Gasteiger partial charge on any atom is -0.468 e. The average molecular weight is 254 g/mol. The van der Waals surface area contributed by atoms with Crippen LogP contribution in [0.2, 0.25) is 0 Å². The Bertz CT molecular complexity index is 306. The Morgan fingerprint density at radius 1 is 1.28 bits per heavy atom. The van der Waals surface area contributed by atoms with E-state index >= 15 is 0 Å². The first-order valence-electron chi connectivity index (χ1n) is 6.43. The summed E-state index contributed by atoms with van der Waals surface area (Å²) in [4.78, 5) is 23.0. The lowest BCUT2D eigenvalue weighted by Gasteiger charge is -2.25. The smallest absolute Gasteiger partial charge is 0.320 e. The maximum absolute atomic E-state index is 11.5. The van der Waals surface area contributed by atoms with Crippen molar-refractivity contribution in [3.8, 4) is 0 Å². The third-order valence-corrected chi connectivity index (χ3v) is 3.65. The number of ether oxygens (including phenoxy) is 2. The predicted molar refractivity (Wildman–Crippen MR) is 67.9 cm³/mol. The van der Waals surface area contributed by atoms with Gasteiger partial charge in [0.05, 0.1) is 14.2 Å². The Labute approximate surface area is 108 Å². The van der Waals surface area contributed by atoms with Gasteiger partial charge in [0.25, 0.3) is 0 Å². The van der Waals surface area contributed by atoms with Gasteiger partial charge in [-0.05, 0) is 38.0 Å². The summed E-state index contributed by atoms with van der Waals surface area (Å²) in [7, 11) is 2.58. The number of esters is 2. The van der Waals surface area contributed by atoms with Crippen molar-refractivity contribution < 1.29 is 19.1 Å². The molecule has 0 amide bonds. The first-order chi connectivity index (χ1) is 8.60. The van der Waals surface area contributed by atoms with Crippen molar-refractivity contribution in [2.24, 2.45) is 11.8 Å². The van der Waals surface area contributed by atoms with Crippen molar-refractivity contribution in [1.29, 1.82) is 0 Å². The summed E-state index contributed by atoms with van der Waals surface area (Å²) in [6, 6.07) is 0. The van der Waals surface area contributed by atoms with Crippen LogP contribution in [0.1, 0.15) is 38.5 Å². The zero-order valence-corrected chi connectivity index (χ0v) is 11.2. The first-order valence-corrected chi connectivity index (χ1v) is 6.43. The van der Waals surface area contributed by atoms with Crippen LogP contribution in [0.5, 0.6) is 0 Å². The third-order valence-electron chi connectivity index (χ3n) is 3.65. The minimum absolute atomic E-state index is 0.426. The number of carbonyl (C=O) groups excluding carboxylic acids is 2. The summed E-state index contributed by atoms with van der Waals surface area (Å²) in [5, 5.41) is 0. The van der Waals surface area contributed by atoms with Crippen LogP contribution in [0.4, 0.5) is 0 Å². The molecule has 102 valence electrons. The number of carbonyl (C=O) groups is 2. The van der Waals surface area contributed by atoms with Crippen LogP contribution in [0.25, 0.3) is 0 Å². The molecule has 18 heavy (non-hydrogen) atoms. The van der Waals surface area contributed by atoms with Crippen LogP contribution in [-0.2, 0) is 19.1 Å². The molecule has 4 nitrogen and oxygen atoms in total. The van der Waals surface area contributed by atoms with E-state index in [4.69, 9.17) is 0 Å². The van der Waals surface area contributed by atoms with Crippen LogP contribution < -0.4 is 0 Å². The molecule has 1 atom stereocenters. The molecule has 1 unspecified atom stereocenters. The molecule has 0 aromatic heterocycles. The summed E-state index contributed by atoms with van der Waals surface area (Å²) in [6.07, 6.45) is 5.84. The van der Waals surface area contributed by atoms with Gasteiger partial charge in [0.2, 0.25) is 0 Å². The van der Waals surface area contributed by atoms with Crippen LogP contribution in [0, 0.1) is 11.8 Å². The lowest BCUT2D eigenvalue weighted by atomic mass is 9.81. The van der Waals surface area contributed by atoms with Crippen molar-refractivity contribution in [2.45, 2.75) is 38.5 Å². The van der Waals surface area contributed by atoms with Gasteiger partial charge in [0, 0.05) is 0 Å². The number of methoxy groups -OCH3 is 2. The summed E-state index contributed by atoms with van der Waals surface area (Å²) in [6.45, 7) is 4.07. The van der Waals surface area contributed by atoms with E-state index in [2.05, 4.69) is 16.1 Å². The molecule has 1 aliphatic rings. The van der Waals surface area contributed by atoms with E-state index in [1.807, 2.05) is 0 Å². The SMILES string of the molecule is C=C1CCCCC1CCC(C(=O)OC)C(=O)OC. The second-order valence-corrected chi connectivity index (χ2v) is 4.78. The van der Waals surface area contributed by atoms with Crippen LogP contribution >= 0.6 is 0 Å². The lowest BCUT2D eigenvalue weighted by molar-refractivity contribution is -0.159. The van der Waals surface area contributed by atoms with Crippen LogP contribution in [-0.4, -0.2) is 26.2 Å². The van der Waals surface area contributed by atoms with Gasteiger partial charge in [-0.25, -0.2) is 0 Å². The second-order valence-electron chi connectivity index (χ2n) is 4.78. The molecule has 0 radical (unpaired) electrons. The highest BCUT2D eigenvalue weighted by molar-refractivity contribution is 5.94. The van der Waals surface area contributed by atoms with E-state index < -0.39 is 17.9 Å². The molecule has 4 heteroatoms. The third kappa shape index (κ3) is 3.86. The fourth-order valence-electron chi connectivity index (χ4n) is 2.48. The normalized spacial score (nSPS) is 19.7. The van der Waals surface area contributed by atoms with E-state index in [9.17, 15) is 9.59 Å². The van der Waals surface area contributed by atoms with E-state index in [-0.39, 0.29) is 0 Å². The Morgan fingerprint density at radius 3 is 2.39 bits per heavy atom. The molecule has 0 N–H and O–H groups in total. The molecule has 0 heterocycles. The van der Waals surface area contributed by atoms with E-state index in [1.165, 1.54) is 32.6 Å².